The first-order chi connectivity index (χ1) is 8.22. The molecule has 1 aromatic carbocycles. The summed E-state index contributed by atoms with van der Waals surface area (Å²) < 4.78 is 8.15. The van der Waals surface area contributed by atoms with Gasteiger partial charge >= 0.3 is 0 Å². The standard InChI is InChI=1S/C12H14BrN3O/c1-17-12-3-2-9(4-11(12)13)6-16-7-10(5-14)15-8-16/h2-4,7-8H,5-6,14H2,1H3. The number of rotatable bonds is 4. The monoisotopic (exact) mass is 295 g/mol. The highest BCUT2D eigenvalue weighted by molar-refractivity contribution is 9.10. The van der Waals surface area contributed by atoms with Crippen molar-refractivity contribution in [2.24, 2.45) is 5.73 Å². The number of imidazole rings is 1. The molecule has 0 aliphatic heterocycles. The number of nitrogens with zero attached hydrogens (tertiary/aromatic N) is 2. The average molecular weight is 296 g/mol. The topological polar surface area (TPSA) is 53.1 Å². The summed E-state index contributed by atoms with van der Waals surface area (Å²) in [6.45, 7) is 1.24. The molecule has 0 radical (unpaired) electrons. The van der Waals surface area contributed by atoms with Crippen molar-refractivity contribution in [1.29, 1.82) is 0 Å². The lowest BCUT2D eigenvalue weighted by Gasteiger charge is -2.06. The van der Waals surface area contributed by atoms with Crippen molar-refractivity contribution >= 4 is 15.9 Å². The average Bonchev–Trinajstić information content (AvgIpc) is 2.77. The molecule has 5 heteroatoms. The van der Waals surface area contributed by atoms with Gasteiger partial charge in [-0.05, 0) is 33.6 Å². The maximum atomic E-state index is 5.52. The molecule has 2 N–H and O–H groups in total. The van der Waals surface area contributed by atoms with Gasteiger partial charge < -0.3 is 15.0 Å². The second-order valence-electron chi connectivity index (χ2n) is 3.71. The van der Waals surface area contributed by atoms with Gasteiger partial charge in [-0.1, -0.05) is 6.07 Å². The first kappa shape index (κ1) is 12.1. The summed E-state index contributed by atoms with van der Waals surface area (Å²) in [6, 6.07) is 6.02. The lowest BCUT2D eigenvalue weighted by molar-refractivity contribution is 0.412. The SMILES string of the molecule is COc1ccc(Cn2cnc(CN)c2)cc1Br. The third-order valence-corrected chi connectivity index (χ3v) is 3.10. The van der Waals surface area contributed by atoms with Gasteiger partial charge in [-0.25, -0.2) is 4.98 Å². The fourth-order valence-corrected chi connectivity index (χ4v) is 2.21. The Bertz CT molecular complexity index is 510. The molecule has 0 saturated carbocycles. The number of methoxy groups -OCH3 is 1. The van der Waals surface area contributed by atoms with Crippen molar-refractivity contribution in [3.63, 3.8) is 0 Å². The van der Waals surface area contributed by atoms with Gasteiger partial charge in [0.25, 0.3) is 0 Å². The van der Waals surface area contributed by atoms with Gasteiger partial charge in [0.1, 0.15) is 5.75 Å². The van der Waals surface area contributed by atoms with Crippen molar-refractivity contribution in [3.8, 4) is 5.75 Å². The van der Waals surface area contributed by atoms with Crippen LogP contribution in [0.3, 0.4) is 0 Å². The lowest BCUT2D eigenvalue weighted by Crippen LogP contribution is -1.98. The van der Waals surface area contributed by atoms with Crippen molar-refractivity contribution in [3.05, 3.63) is 46.5 Å². The molecule has 2 rings (SSSR count). The maximum Gasteiger partial charge on any atom is 0.133 e. The van der Waals surface area contributed by atoms with Crippen LogP contribution in [0.1, 0.15) is 11.3 Å². The van der Waals surface area contributed by atoms with Crippen LogP contribution < -0.4 is 10.5 Å². The zero-order valence-electron chi connectivity index (χ0n) is 9.56. The Labute approximate surface area is 109 Å². The fourth-order valence-electron chi connectivity index (χ4n) is 1.62. The number of ether oxygens (including phenoxy) is 1. The normalized spacial score (nSPS) is 10.5. The molecule has 0 atom stereocenters. The Balaban J connectivity index is 2.15. The first-order valence-corrected chi connectivity index (χ1v) is 6.05. The van der Waals surface area contributed by atoms with Crippen LogP contribution in [-0.2, 0) is 13.1 Å². The highest BCUT2D eigenvalue weighted by Crippen LogP contribution is 2.25. The maximum absolute atomic E-state index is 5.52. The van der Waals surface area contributed by atoms with Crippen LogP contribution in [0.2, 0.25) is 0 Å². The van der Waals surface area contributed by atoms with E-state index >= 15 is 0 Å². The minimum atomic E-state index is 0.472. The van der Waals surface area contributed by atoms with E-state index in [1.165, 1.54) is 5.56 Å². The molecule has 0 aliphatic carbocycles. The second kappa shape index (κ2) is 5.33. The summed E-state index contributed by atoms with van der Waals surface area (Å²) in [5, 5.41) is 0. The Morgan fingerprint density at radius 3 is 2.88 bits per heavy atom. The van der Waals surface area contributed by atoms with Crippen LogP contribution >= 0.6 is 15.9 Å². The molecule has 0 saturated heterocycles. The summed E-state index contributed by atoms with van der Waals surface area (Å²) in [4.78, 5) is 4.19. The van der Waals surface area contributed by atoms with Gasteiger partial charge in [-0.2, -0.15) is 0 Å². The molecule has 0 aliphatic rings. The number of aromatic nitrogens is 2. The van der Waals surface area contributed by atoms with E-state index in [0.29, 0.717) is 6.54 Å². The molecule has 90 valence electrons. The van der Waals surface area contributed by atoms with Crippen LogP contribution in [0.15, 0.2) is 35.2 Å². The van der Waals surface area contributed by atoms with Crippen molar-refractivity contribution in [2.45, 2.75) is 13.1 Å². The zero-order valence-corrected chi connectivity index (χ0v) is 11.1. The van der Waals surface area contributed by atoms with Crippen LogP contribution in [0.5, 0.6) is 5.75 Å². The molecule has 0 spiro atoms. The molecule has 1 heterocycles. The second-order valence-corrected chi connectivity index (χ2v) is 4.56. The molecule has 0 fully saturated rings. The van der Waals surface area contributed by atoms with E-state index in [1.54, 1.807) is 13.4 Å². The predicted molar refractivity (Wildman–Crippen MR) is 69.9 cm³/mol. The summed E-state index contributed by atoms with van der Waals surface area (Å²) in [5.41, 5.74) is 7.60. The molecular weight excluding hydrogens is 282 g/mol. The van der Waals surface area contributed by atoms with Crippen LogP contribution in [0, 0.1) is 0 Å². The fraction of sp³-hybridized carbons (Fsp3) is 0.250. The third kappa shape index (κ3) is 2.87. The van der Waals surface area contributed by atoms with Crippen molar-refractivity contribution < 1.29 is 4.74 Å². The Morgan fingerprint density at radius 1 is 1.47 bits per heavy atom. The molecule has 4 nitrogen and oxygen atoms in total. The van der Waals surface area contributed by atoms with Gasteiger partial charge in [0.2, 0.25) is 0 Å². The quantitative estimate of drug-likeness (QED) is 0.940. The van der Waals surface area contributed by atoms with E-state index in [0.717, 1.165) is 22.5 Å². The number of benzene rings is 1. The van der Waals surface area contributed by atoms with E-state index < -0.39 is 0 Å². The number of hydrogen-bond donors (Lipinski definition) is 1. The van der Waals surface area contributed by atoms with Gasteiger partial charge in [-0.3, -0.25) is 0 Å². The summed E-state index contributed by atoms with van der Waals surface area (Å²) >= 11 is 3.47. The van der Waals surface area contributed by atoms with Gasteiger partial charge in [0, 0.05) is 19.3 Å². The largest absolute Gasteiger partial charge is 0.496 e. The summed E-state index contributed by atoms with van der Waals surface area (Å²) in [5.74, 6) is 0.835. The number of hydrogen-bond acceptors (Lipinski definition) is 3. The summed E-state index contributed by atoms with van der Waals surface area (Å²) in [6.07, 6.45) is 3.75. The van der Waals surface area contributed by atoms with Crippen LogP contribution in [-0.4, -0.2) is 16.7 Å². The van der Waals surface area contributed by atoms with Gasteiger partial charge in [-0.15, -0.1) is 0 Å². The molecule has 1 aromatic heterocycles. The molecule has 0 bridgehead atoms. The molecule has 0 unspecified atom stereocenters. The minimum absolute atomic E-state index is 0.472. The molecule has 0 amide bonds. The Hall–Kier alpha value is -1.33. The molecule has 17 heavy (non-hydrogen) atoms. The van der Waals surface area contributed by atoms with E-state index in [1.807, 2.05) is 29.0 Å². The van der Waals surface area contributed by atoms with Gasteiger partial charge in [0.15, 0.2) is 0 Å². The van der Waals surface area contributed by atoms with E-state index in [-0.39, 0.29) is 0 Å². The van der Waals surface area contributed by atoms with E-state index in [4.69, 9.17) is 10.5 Å². The smallest absolute Gasteiger partial charge is 0.133 e. The van der Waals surface area contributed by atoms with E-state index in [2.05, 4.69) is 20.9 Å². The van der Waals surface area contributed by atoms with Crippen LogP contribution in [0.4, 0.5) is 0 Å². The van der Waals surface area contributed by atoms with Crippen molar-refractivity contribution in [1.82, 2.24) is 9.55 Å². The number of halogens is 1. The van der Waals surface area contributed by atoms with Crippen molar-refractivity contribution in [2.75, 3.05) is 7.11 Å². The Kier molecular flexibility index (Phi) is 3.81. The Morgan fingerprint density at radius 2 is 2.29 bits per heavy atom. The first-order valence-electron chi connectivity index (χ1n) is 5.26. The highest BCUT2D eigenvalue weighted by atomic mass is 79.9. The van der Waals surface area contributed by atoms with E-state index in [9.17, 15) is 0 Å². The van der Waals surface area contributed by atoms with Gasteiger partial charge in [0.05, 0.1) is 23.6 Å². The minimum Gasteiger partial charge on any atom is -0.496 e. The predicted octanol–water partition coefficient (Wildman–Crippen LogP) is 2.16. The third-order valence-electron chi connectivity index (χ3n) is 2.48. The summed E-state index contributed by atoms with van der Waals surface area (Å²) in [7, 11) is 1.66. The number of nitrogens with two attached hydrogens (primary N) is 1. The highest BCUT2D eigenvalue weighted by Gasteiger charge is 2.03. The van der Waals surface area contributed by atoms with Crippen LogP contribution in [0.25, 0.3) is 0 Å². The zero-order chi connectivity index (χ0) is 12.3. The molecule has 2 aromatic rings. The lowest BCUT2D eigenvalue weighted by atomic mass is 10.2. The molecular formula is C12H14BrN3O.